The second-order valence-corrected chi connectivity index (χ2v) is 3.23. The van der Waals surface area contributed by atoms with Crippen LogP contribution in [-0.2, 0) is 9.53 Å². The van der Waals surface area contributed by atoms with Crippen LogP contribution in [0.3, 0.4) is 0 Å². The molecule has 0 amide bonds. The molecule has 0 radical (unpaired) electrons. The molecule has 0 aromatic heterocycles. The van der Waals surface area contributed by atoms with E-state index < -0.39 is 0 Å². The maximum Gasteiger partial charge on any atom is 0.344 e. The van der Waals surface area contributed by atoms with Crippen LogP contribution >= 0.6 is 22.6 Å². The first-order valence-electron chi connectivity index (χ1n) is 3.82. The van der Waals surface area contributed by atoms with Crippen LogP contribution in [0.2, 0.25) is 0 Å². The molecule has 12 heavy (non-hydrogen) atoms. The van der Waals surface area contributed by atoms with E-state index in [4.69, 9.17) is 9.84 Å². The van der Waals surface area contributed by atoms with Crippen LogP contribution in [0.25, 0.3) is 0 Å². The first-order chi connectivity index (χ1) is 5.67. The summed E-state index contributed by atoms with van der Waals surface area (Å²) >= 11 is 1.90. The van der Waals surface area contributed by atoms with Gasteiger partial charge in [0.1, 0.15) is 0 Å². The monoisotopic (exact) mass is 284 g/mol. The highest BCUT2D eigenvalue weighted by Gasteiger charge is 2.10. The Morgan fingerprint density at radius 1 is 1.50 bits per heavy atom. The highest BCUT2D eigenvalue weighted by atomic mass is 127. The fraction of sp³-hybridized carbons (Fsp3) is 0.625. The van der Waals surface area contributed by atoms with E-state index in [2.05, 4.69) is 0 Å². The minimum atomic E-state index is -0.344. The lowest BCUT2D eigenvalue weighted by Crippen LogP contribution is -2.07. The van der Waals surface area contributed by atoms with Crippen LogP contribution in [0.15, 0.2) is 9.15 Å². The standard InChI is InChI=1S/C8H13IO3/c1-3-6(5-10)7(9)8(11)12-4-2/h10H,3-5H2,1-2H3/b7-6+. The van der Waals surface area contributed by atoms with Gasteiger partial charge < -0.3 is 9.84 Å². The van der Waals surface area contributed by atoms with E-state index in [1.165, 1.54) is 0 Å². The lowest BCUT2D eigenvalue weighted by molar-refractivity contribution is -0.137. The molecule has 0 saturated carbocycles. The number of carbonyl (C=O) groups excluding carboxylic acids is 1. The number of halogens is 1. The molecule has 70 valence electrons. The predicted octanol–water partition coefficient (Wildman–Crippen LogP) is 1.64. The molecule has 0 aromatic rings. The molecular formula is C8H13IO3. The average Bonchev–Trinajstić information content (AvgIpc) is 2.07. The Kier molecular flexibility index (Phi) is 6.37. The molecular weight excluding hydrogens is 271 g/mol. The molecule has 0 aliphatic heterocycles. The third kappa shape index (κ3) is 3.53. The lowest BCUT2D eigenvalue weighted by Gasteiger charge is -2.04. The van der Waals surface area contributed by atoms with E-state index in [0.717, 1.165) is 5.57 Å². The zero-order valence-electron chi connectivity index (χ0n) is 7.26. The Hall–Kier alpha value is -0.100. The fourth-order valence-electron chi connectivity index (χ4n) is 0.675. The summed E-state index contributed by atoms with van der Waals surface area (Å²) in [5.74, 6) is -0.344. The number of hydrogen-bond donors (Lipinski definition) is 1. The van der Waals surface area contributed by atoms with Gasteiger partial charge in [0.15, 0.2) is 0 Å². The van der Waals surface area contributed by atoms with Crippen LogP contribution in [-0.4, -0.2) is 24.3 Å². The number of esters is 1. The van der Waals surface area contributed by atoms with Crippen molar-refractivity contribution in [1.29, 1.82) is 0 Å². The SMILES string of the molecule is CCOC(=O)/C(I)=C(/CC)CO. The van der Waals surface area contributed by atoms with E-state index in [0.29, 0.717) is 16.6 Å². The van der Waals surface area contributed by atoms with E-state index in [1.54, 1.807) is 6.92 Å². The minimum Gasteiger partial charge on any atom is -0.462 e. The van der Waals surface area contributed by atoms with Gasteiger partial charge in [-0.25, -0.2) is 4.79 Å². The maximum atomic E-state index is 11.1. The Bertz CT molecular complexity index is 181. The molecule has 0 aliphatic carbocycles. The van der Waals surface area contributed by atoms with Crippen LogP contribution in [0.4, 0.5) is 0 Å². The summed E-state index contributed by atoms with van der Waals surface area (Å²) in [6.07, 6.45) is 0.674. The quantitative estimate of drug-likeness (QED) is 0.485. The molecule has 0 unspecified atom stereocenters. The Morgan fingerprint density at radius 2 is 2.08 bits per heavy atom. The lowest BCUT2D eigenvalue weighted by atomic mass is 10.2. The maximum absolute atomic E-state index is 11.1. The Labute approximate surface area is 85.9 Å². The summed E-state index contributed by atoms with van der Waals surface area (Å²) in [5, 5.41) is 8.84. The summed E-state index contributed by atoms with van der Waals surface area (Å²) in [7, 11) is 0. The van der Waals surface area contributed by atoms with Crippen molar-refractivity contribution >= 4 is 28.6 Å². The summed E-state index contributed by atoms with van der Waals surface area (Å²) in [5.41, 5.74) is 0.731. The van der Waals surface area contributed by atoms with Gasteiger partial charge in [0.05, 0.1) is 16.8 Å². The van der Waals surface area contributed by atoms with Gasteiger partial charge in [-0.3, -0.25) is 0 Å². The van der Waals surface area contributed by atoms with Gasteiger partial charge in [-0.2, -0.15) is 0 Å². The van der Waals surface area contributed by atoms with Crippen LogP contribution in [0, 0.1) is 0 Å². The normalized spacial score (nSPS) is 12.3. The van der Waals surface area contributed by atoms with E-state index in [-0.39, 0.29) is 12.6 Å². The third-order valence-corrected chi connectivity index (χ3v) is 2.59. The number of carbonyl (C=O) groups is 1. The highest BCUT2D eigenvalue weighted by molar-refractivity contribution is 14.1. The van der Waals surface area contributed by atoms with Crippen molar-refractivity contribution in [3.63, 3.8) is 0 Å². The Balaban J connectivity index is 4.39. The first kappa shape index (κ1) is 11.9. The van der Waals surface area contributed by atoms with Crippen molar-refractivity contribution in [2.24, 2.45) is 0 Å². The van der Waals surface area contributed by atoms with Gasteiger partial charge in [0.25, 0.3) is 0 Å². The minimum absolute atomic E-state index is 0.0758. The summed E-state index contributed by atoms with van der Waals surface area (Å²) in [4.78, 5) is 11.1. The van der Waals surface area contributed by atoms with Gasteiger partial charge in [0.2, 0.25) is 0 Å². The van der Waals surface area contributed by atoms with Crippen molar-refractivity contribution in [3.8, 4) is 0 Å². The Morgan fingerprint density at radius 3 is 2.42 bits per heavy atom. The fourth-order valence-corrected chi connectivity index (χ4v) is 1.38. The molecule has 0 aliphatic rings. The first-order valence-corrected chi connectivity index (χ1v) is 4.90. The molecule has 0 spiro atoms. The molecule has 0 bridgehead atoms. The smallest absolute Gasteiger partial charge is 0.344 e. The number of rotatable bonds is 4. The van der Waals surface area contributed by atoms with Gasteiger partial charge >= 0.3 is 5.97 Å². The van der Waals surface area contributed by atoms with Gasteiger partial charge in [0, 0.05) is 0 Å². The molecule has 0 saturated heterocycles. The van der Waals surface area contributed by atoms with Crippen molar-refractivity contribution < 1.29 is 14.6 Å². The number of ether oxygens (including phenoxy) is 1. The molecule has 3 nitrogen and oxygen atoms in total. The zero-order valence-corrected chi connectivity index (χ0v) is 9.42. The zero-order chi connectivity index (χ0) is 9.56. The molecule has 1 N–H and O–H groups in total. The van der Waals surface area contributed by atoms with Gasteiger partial charge in [-0.1, -0.05) is 6.92 Å². The summed E-state index contributed by atoms with van der Waals surface area (Å²) < 4.78 is 5.27. The molecule has 0 heterocycles. The van der Waals surface area contributed by atoms with Crippen molar-refractivity contribution in [2.75, 3.05) is 13.2 Å². The molecule has 0 fully saturated rings. The molecule has 0 rings (SSSR count). The van der Waals surface area contributed by atoms with E-state index in [1.807, 2.05) is 29.5 Å². The number of hydrogen-bond acceptors (Lipinski definition) is 3. The molecule has 0 aromatic carbocycles. The van der Waals surface area contributed by atoms with Crippen molar-refractivity contribution in [2.45, 2.75) is 20.3 Å². The van der Waals surface area contributed by atoms with Gasteiger partial charge in [-0.15, -0.1) is 0 Å². The summed E-state index contributed by atoms with van der Waals surface area (Å²) in [6, 6.07) is 0. The third-order valence-electron chi connectivity index (χ3n) is 1.38. The number of aliphatic hydroxyl groups excluding tert-OH is 1. The van der Waals surface area contributed by atoms with Crippen molar-refractivity contribution in [3.05, 3.63) is 9.15 Å². The molecule has 0 atom stereocenters. The average molecular weight is 284 g/mol. The second-order valence-electron chi connectivity index (χ2n) is 2.15. The highest BCUT2D eigenvalue weighted by Crippen LogP contribution is 2.16. The van der Waals surface area contributed by atoms with E-state index >= 15 is 0 Å². The number of aliphatic hydroxyl groups is 1. The molecule has 4 heteroatoms. The second kappa shape index (κ2) is 6.42. The van der Waals surface area contributed by atoms with E-state index in [9.17, 15) is 4.79 Å². The predicted molar refractivity (Wildman–Crippen MR) is 55.1 cm³/mol. The van der Waals surface area contributed by atoms with Crippen LogP contribution < -0.4 is 0 Å². The summed E-state index contributed by atoms with van der Waals surface area (Å²) in [6.45, 7) is 3.94. The largest absolute Gasteiger partial charge is 0.462 e. The topological polar surface area (TPSA) is 46.5 Å². The van der Waals surface area contributed by atoms with Crippen molar-refractivity contribution in [1.82, 2.24) is 0 Å². The van der Waals surface area contributed by atoms with Crippen LogP contribution in [0.5, 0.6) is 0 Å². The van der Waals surface area contributed by atoms with Gasteiger partial charge in [-0.05, 0) is 41.5 Å². The van der Waals surface area contributed by atoms with Crippen LogP contribution in [0.1, 0.15) is 20.3 Å².